The predicted octanol–water partition coefficient (Wildman–Crippen LogP) is 2.08. The molecule has 112 valence electrons. The summed E-state index contributed by atoms with van der Waals surface area (Å²) in [5.74, 6) is 0.597. The van der Waals surface area contributed by atoms with E-state index in [1.54, 1.807) is 35.1 Å². The molecule has 2 saturated heterocycles. The van der Waals surface area contributed by atoms with Crippen molar-refractivity contribution >= 4 is 29.1 Å². The third-order valence-electron chi connectivity index (χ3n) is 4.11. The fourth-order valence-corrected chi connectivity index (χ4v) is 3.24. The summed E-state index contributed by atoms with van der Waals surface area (Å²) in [6, 6.07) is 4.83. The molecule has 2 aliphatic heterocycles. The lowest BCUT2D eigenvalue weighted by atomic mass is 10.1. The monoisotopic (exact) mass is 308 g/mol. The van der Waals surface area contributed by atoms with Crippen LogP contribution in [0.4, 0.5) is 5.69 Å². The summed E-state index contributed by atoms with van der Waals surface area (Å²) in [6.45, 7) is 1.04. The van der Waals surface area contributed by atoms with Crippen molar-refractivity contribution < 1.29 is 14.3 Å². The smallest absolute Gasteiger partial charge is 0.249 e. The molecular formula is C15H17ClN2O3. The van der Waals surface area contributed by atoms with Crippen molar-refractivity contribution in [2.45, 2.75) is 25.3 Å². The maximum absolute atomic E-state index is 12.8. The van der Waals surface area contributed by atoms with Crippen LogP contribution >= 0.6 is 11.6 Å². The van der Waals surface area contributed by atoms with Gasteiger partial charge in [-0.15, -0.1) is 0 Å². The number of carbonyl (C=O) groups is 2. The summed E-state index contributed by atoms with van der Waals surface area (Å²) < 4.78 is 5.33. The van der Waals surface area contributed by atoms with Crippen molar-refractivity contribution in [1.29, 1.82) is 0 Å². The second-order valence-electron chi connectivity index (χ2n) is 5.30. The SMILES string of the molecule is COc1ccc(Cl)cc1N1CCC(=O)N2CCCC2C1=O. The van der Waals surface area contributed by atoms with Gasteiger partial charge in [-0.2, -0.15) is 0 Å². The number of carbonyl (C=O) groups excluding carboxylic acids is 2. The van der Waals surface area contributed by atoms with Crippen LogP contribution in [0.1, 0.15) is 19.3 Å². The molecule has 0 spiro atoms. The first-order valence-electron chi connectivity index (χ1n) is 7.06. The molecule has 1 aromatic carbocycles. The van der Waals surface area contributed by atoms with Crippen molar-refractivity contribution in [3.63, 3.8) is 0 Å². The van der Waals surface area contributed by atoms with Gasteiger partial charge in [-0.1, -0.05) is 11.6 Å². The van der Waals surface area contributed by atoms with Gasteiger partial charge in [0.15, 0.2) is 0 Å². The number of hydrogen-bond donors (Lipinski definition) is 0. The molecule has 2 heterocycles. The zero-order valence-corrected chi connectivity index (χ0v) is 12.6. The number of nitrogens with zero attached hydrogens (tertiary/aromatic N) is 2. The molecule has 1 unspecified atom stereocenters. The molecule has 6 heteroatoms. The largest absolute Gasteiger partial charge is 0.495 e. The van der Waals surface area contributed by atoms with E-state index in [-0.39, 0.29) is 17.9 Å². The topological polar surface area (TPSA) is 49.9 Å². The Hall–Kier alpha value is -1.75. The second kappa shape index (κ2) is 5.56. The number of rotatable bonds is 2. The minimum absolute atomic E-state index is 0.0427. The van der Waals surface area contributed by atoms with Gasteiger partial charge < -0.3 is 14.5 Å². The van der Waals surface area contributed by atoms with Crippen LogP contribution in [0.25, 0.3) is 0 Å². The molecule has 0 aromatic heterocycles. The van der Waals surface area contributed by atoms with Gasteiger partial charge in [-0.3, -0.25) is 9.59 Å². The van der Waals surface area contributed by atoms with Crippen LogP contribution in [0.3, 0.4) is 0 Å². The summed E-state index contributed by atoms with van der Waals surface area (Å²) in [4.78, 5) is 28.3. The molecular weight excluding hydrogens is 292 g/mol. The van der Waals surface area contributed by atoms with Gasteiger partial charge in [0.05, 0.1) is 12.8 Å². The van der Waals surface area contributed by atoms with E-state index in [1.165, 1.54) is 0 Å². The Morgan fingerprint density at radius 3 is 2.86 bits per heavy atom. The number of methoxy groups -OCH3 is 1. The Bertz CT molecular complexity index is 590. The maximum atomic E-state index is 12.8. The zero-order valence-electron chi connectivity index (χ0n) is 11.8. The van der Waals surface area contributed by atoms with Gasteiger partial charge in [0.2, 0.25) is 11.8 Å². The number of fused-ring (bicyclic) bond motifs is 1. The standard InChI is InChI=1S/C15H17ClN2O3/c1-21-13-5-4-10(16)9-12(13)18-8-6-14(19)17-7-2-3-11(17)15(18)20/h4-5,9,11H,2-3,6-8H2,1H3. The molecule has 21 heavy (non-hydrogen) atoms. The van der Waals surface area contributed by atoms with Crippen LogP contribution in [0.5, 0.6) is 5.75 Å². The highest BCUT2D eigenvalue weighted by atomic mass is 35.5. The highest BCUT2D eigenvalue weighted by molar-refractivity contribution is 6.31. The molecule has 0 saturated carbocycles. The Labute approximate surface area is 128 Å². The minimum Gasteiger partial charge on any atom is -0.495 e. The molecule has 5 nitrogen and oxygen atoms in total. The van der Waals surface area contributed by atoms with Crippen molar-refractivity contribution in [3.8, 4) is 5.75 Å². The lowest BCUT2D eigenvalue weighted by Crippen LogP contribution is -2.43. The van der Waals surface area contributed by atoms with Crippen LogP contribution in [0.2, 0.25) is 5.02 Å². The quantitative estimate of drug-likeness (QED) is 0.840. The van der Waals surface area contributed by atoms with Gasteiger partial charge in [-0.05, 0) is 31.0 Å². The number of hydrogen-bond acceptors (Lipinski definition) is 3. The average molecular weight is 309 g/mol. The van der Waals surface area contributed by atoms with E-state index in [0.717, 1.165) is 12.8 Å². The van der Waals surface area contributed by atoms with Gasteiger partial charge in [-0.25, -0.2) is 0 Å². The summed E-state index contributed by atoms with van der Waals surface area (Å²) in [7, 11) is 1.56. The fraction of sp³-hybridized carbons (Fsp3) is 0.467. The Kier molecular flexibility index (Phi) is 3.76. The molecule has 0 radical (unpaired) electrons. The Morgan fingerprint density at radius 1 is 1.29 bits per heavy atom. The molecule has 3 rings (SSSR count). The van der Waals surface area contributed by atoms with Gasteiger partial charge in [0.25, 0.3) is 0 Å². The van der Waals surface area contributed by atoms with Crippen LogP contribution in [0, 0.1) is 0 Å². The first-order chi connectivity index (χ1) is 10.1. The van der Waals surface area contributed by atoms with Gasteiger partial charge in [0.1, 0.15) is 11.8 Å². The van der Waals surface area contributed by atoms with Crippen molar-refractivity contribution in [1.82, 2.24) is 4.90 Å². The third kappa shape index (κ3) is 2.46. The molecule has 1 atom stereocenters. The molecule has 0 aliphatic carbocycles. The van der Waals surface area contributed by atoms with Crippen molar-refractivity contribution in [2.24, 2.45) is 0 Å². The fourth-order valence-electron chi connectivity index (χ4n) is 3.08. The lowest BCUT2D eigenvalue weighted by molar-refractivity contribution is -0.135. The van der Waals surface area contributed by atoms with E-state index < -0.39 is 0 Å². The second-order valence-corrected chi connectivity index (χ2v) is 5.74. The number of amides is 2. The normalized spacial score (nSPS) is 22.3. The molecule has 2 aliphatic rings. The van der Waals surface area contributed by atoms with Crippen LogP contribution < -0.4 is 9.64 Å². The number of halogens is 1. The summed E-state index contributed by atoms with van der Waals surface area (Å²) in [5, 5.41) is 0.539. The van der Waals surface area contributed by atoms with E-state index in [2.05, 4.69) is 0 Å². The first-order valence-corrected chi connectivity index (χ1v) is 7.44. The highest BCUT2D eigenvalue weighted by Gasteiger charge is 2.40. The summed E-state index contributed by atoms with van der Waals surface area (Å²) in [6.07, 6.45) is 1.94. The van der Waals surface area contributed by atoms with E-state index in [9.17, 15) is 9.59 Å². The van der Waals surface area contributed by atoms with Crippen molar-refractivity contribution in [2.75, 3.05) is 25.1 Å². The zero-order chi connectivity index (χ0) is 15.0. The number of anilines is 1. The minimum atomic E-state index is -0.344. The van der Waals surface area contributed by atoms with E-state index in [1.807, 2.05) is 0 Å². The van der Waals surface area contributed by atoms with Crippen LogP contribution in [-0.2, 0) is 9.59 Å². The van der Waals surface area contributed by atoms with Gasteiger partial charge in [0, 0.05) is 24.5 Å². The lowest BCUT2D eigenvalue weighted by Gasteiger charge is -2.26. The molecule has 1 aromatic rings. The Balaban J connectivity index is 2.00. The maximum Gasteiger partial charge on any atom is 0.249 e. The van der Waals surface area contributed by atoms with E-state index in [0.29, 0.717) is 36.0 Å². The first kappa shape index (κ1) is 14.2. The summed E-state index contributed by atoms with van der Waals surface area (Å²) in [5.41, 5.74) is 0.636. The molecule has 2 amide bonds. The average Bonchev–Trinajstić information content (AvgIpc) is 2.93. The van der Waals surface area contributed by atoms with Crippen LogP contribution in [-0.4, -0.2) is 43.0 Å². The van der Waals surface area contributed by atoms with Gasteiger partial charge >= 0.3 is 0 Å². The van der Waals surface area contributed by atoms with Crippen molar-refractivity contribution in [3.05, 3.63) is 23.2 Å². The highest BCUT2D eigenvalue weighted by Crippen LogP contribution is 2.34. The molecule has 0 N–H and O–H groups in total. The number of ether oxygens (including phenoxy) is 1. The molecule has 2 fully saturated rings. The molecule has 0 bridgehead atoms. The van der Waals surface area contributed by atoms with E-state index in [4.69, 9.17) is 16.3 Å². The Morgan fingerprint density at radius 2 is 2.10 bits per heavy atom. The predicted molar refractivity (Wildman–Crippen MR) is 79.7 cm³/mol. The third-order valence-corrected chi connectivity index (χ3v) is 4.34. The number of benzene rings is 1. The van der Waals surface area contributed by atoms with Crippen LogP contribution in [0.15, 0.2) is 18.2 Å². The summed E-state index contributed by atoms with van der Waals surface area (Å²) >= 11 is 6.05. The van der Waals surface area contributed by atoms with E-state index >= 15 is 0 Å².